The number of ether oxygens (including phenoxy) is 1. The van der Waals surface area contributed by atoms with Crippen molar-refractivity contribution in [1.82, 2.24) is 0 Å². The summed E-state index contributed by atoms with van der Waals surface area (Å²) >= 11 is 7.42. The third-order valence-electron chi connectivity index (χ3n) is 1.30. The Balaban J connectivity index is 3.08. The first-order valence-electron chi connectivity index (χ1n) is 3.43. The van der Waals surface area contributed by atoms with Crippen molar-refractivity contribution in [2.45, 2.75) is 6.92 Å². The van der Waals surface area contributed by atoms with Gasteiger partial charge in [-0.1, -0.05) is 11.6 Å². The highest BCUT2D eigenvalue weighted by atomic mass is 127. The molecular weight excluding hydrogens is 293 g/mol. The van der Waals surface area contributed by atoms with Crippen LogP contribution in [0.3, 0.4) is 0 Å². The first-order chi connectivity index (χ1) is 5.66. The van der Waals surface area contributed by atoms with Crippen LogP contribution in [-0.4, -0.2) is 6.61 Å². The number of benzene rings is 1. The molecule has 1 aromatic carbocycles. The van der Waals surface area contributed by atoms with Gasteiger partial charge in [0.15, 0.2) is 5.82 Å². The topological polar surface area (TPSA) is 9.23 Å². The van der Waals surface area contributed by atoms with Gasteiger partial charge in [0.2, 0.25) is 0 Å². The van der Waals surface area contributed by atoms with Gasteiger partial charge >= 0.3 is 0 Å². The Morgan fingerprint density at radius 1 is 1.58 bits per heavy atom. The van der Waals surface area contributed by atoms with Crippen LogP contribution in [0.25, 0.3) is 0 Å². The van der Waals surface area contributed by atoms with E-state index in [1.165, 1.54) is 6.07 Å². The molecule has 1 nitrogen and oxygen atoms in total. The summed E-state index contributed by atoms with van der Waals surface area (Å²) in [6.07, 6.45) is 0. The predicted octanol–water partition coefficient (Wildman–Crippen LogP) is 3.48. The molecule has 0 amide bonds. The summed E-state index contributed by atoms with van der Waals surface area (Å²) in [4.78, 5) is 0. The van der Waals surface area contributed by atoms with Gasteiger partial charge in [0.1, 0.15) is 5.75 Å². The summed E-state index contributed by atoms with van der Waals surface area (Å²) in [5.74, 6) is 0.128. The van der Waals surface area contributed by atoms with E-state index in [1.807, 2.05) is 29.5 Å². The zero-order chi connectivity index (χ0) is 9.14. The maximum atomic E-state index is 13.1. The van der Waals surface area contributed by atoms with E-state index in [0.29, 0.717) is 15.9 Å². The van der Waals surface area contributed by atoms with E-state index < -0.39 is 5.82 Å². The second-order valence-corrected chi connectivity index (χ2v) is 3.59. The van der Waals surface area contributed by atoms with Gasteiger partial charge in [-0.2, -0.15) is 0 Å². The van der Waals surface area contributed by atoms with Gasteiger partial charge in [-0.3, -0.25) is 0 Å². The lowest BCUT2D eigenvalue weighted by molar-refractivity contribution is 0.335. The molecule has 0 spiro atoms. The molecule has 0 aliphatic heterocycles. The zero-order valence-electron chi connectivity index (χ0n) is 6.40. The zero-order valence-corrected chi connectivity index (χ0v) is 9.32. The molecule has 0 radical (unpaired) electrons. The largest absolute Gasteiger partial charge is 0.493 e. The molecule has 0 saturated heterocycles. The van der Waals surface area contributed by atoms with Crippen LogP contribution in [0, 0.1) is 9.39 Å². The van der Waals surface area contributed by atoms with Crippen LogP contribution in [0.1, 0.15) is 6.92 Å². The maximum Gasteiger partial charge on any atom is 0.158 e. The van der Waals surface area contributed by atoms with E-state index in [4.69, 9.17) is 16.3 Å². The molecule has 1 aromatic rings. The molecule has 0 unspecified atom stereocenters. The number of rotatable bonds is 2. The quantitative estimate of drug-likeness (QED) is 0.600. The van der Waals surface area contributed by atoms with E-state index in [0.717, 1.165) is 0 Å². The Hall–Kier alpha value is -0.0300. The fourth-order valence-electron chi connectivity index (χ4n) is 0.775. The Kier molecular flexibility index (Phi) is 3.58. The summed E-state index contributed by atoms with van der Waals surface area (Å²) < 4.78 is 18.7. The Morgan fingerprint density at radius 3 is 2.83 bits per heavy atom. The Bertz CT molecular complexity index is 291. The number of hydrogen-bond donors (Lipinski definition) is 0. The maximum absolute atomic E-state index is 13.1. The smallest absolute Gasteiger partial charge is 0.158 e. The molecule has 4 heteroatoms. The third kappa shape index (κ3) is 2.01. The molecule has 0 aliphatic carbocycles. The lowest BCUT2D eigenvalue weighted by Gasteiger charge is -2.06. The highest BCUT2D eigenvalue weighted by Crippen LogP contribution is 2.28. The molecule has 0 aliphatic rings. The van der Waals surface area contributed by atoms with Crippen LogP contribution in [0.5, 0.6) is 5.75 Å². The van der Waals surface area contributed by atoms with Crippen molar-refractivity contribution in [1.29, 1.82) is 0 Å². The van der Waals surface area contributed by atoms with Gasteiger partial charge < -0.3 is 4.74 Å². The molecule has 0 atom stereocenters. The normalized spacial score (nSPS) is 10.0. The minimum Gasteiger partial charge on any atom is -0.493 e. The van der Waals surface area contributed by atoms with Gasteiger partial charge in [-0.05, 0) is 41.6 Å². The monoisotopic (exact) mass is 300 g/mol. The first-order valence-corrected chi connectivity index (χ1v) is 4.88. The van der Waals surface area contributed by atoms with Gasteiger partial charge in [0.05, 0.1) is 15.2 Å². The molecule has 0 bridgehead atoms. The summed E-state index contributed by atoms with van der Waals surface area (Å²) in [6, 6.07) is 3.15. The summed E-state index contributed by atoms with van der Waals surface area (Å²) in [5, 5.41) is 0.128. The summed E-state index contributed by atoms with van der Waals surface area (Å²) in [6.45, 7) is 2.37. The standard InChI is InChI=1S/C8H7ClFIO/c1-2-12-6-4-3-5(9)7(10)8(6)11/h3-4H,2H2,1H3. The minimum absolute atomic E-state index is 0.128. The molecule has 0 aromatic heterocycles. The van der Waals surface area contributed by atoms with Crippen molar-refractivity contribution in [3.05, 3.63) is 26.5 Å². The fourth-order valence-corrected chi connectivity index (χ4v) is 1.72. The van der Waals surface area contributed by atoms with Gasteiger partial charge in [-0.25, -0.2) is 4.39 Å². The SMILES string of the molecule is CCOc1ccc(Cl)c(F)c1I. The summed E-state index contributed by atoms with van der Waals surface area (Å²) in [7, 11) is 0. The third-order valence-corrected chi connectivity index (χ3v) is 2.60. The minimum atomic E-state index is -0.414. The van der Waals surface area contributed by atoms with E-state index in [-0.39, 0.29) is 5.02 Å². The van der Waals surface area contributed by atoms with Crippen LogP contribution >= 0.6 is 34.2 Å². The van der Waals surface area contributed by atoms with Gasteiger partial charge in [0.25, 0.3) is 0 Å². The predicted molar refractivity (Wildman–Crippen MR) is 55.3 cm³/mol. The van der Waals surface area contributed by atoms with Crippen molar-refractivity contribution in [3.63, 3.8) is 0 Å². The van der Waals surface area contributed by atoms with Gasteiger partial charge in [0, 0.05) is 0 Å². The number of hydrogen-bond acceptors (Lipinski definition) is 1. The van der Waals surface area contributed by atoms with E-state index in [1.54, 1.807) is 6.07 Å². The van der Waals surface area contributed by atoms with E-state index in [9.17, 15) is 4.39 Å². The molecule has 0 saturated carbocycles. The lowest BCUT2D eigenvalue weighted by atomic mass is 10.3. The Labute approximate surface area is 89.0 Å². The molecule has 66 valence electrons. The molecule has 12 heavy (non-hydrogen) atoms. The first kappa shape index (κ1) is 10.1. The average Bonchev–Trinajstić information content (AvgIpc) is 2.07. The van der Waals surface area contributed by atoms with Crippen LogP contribution in [0.2, 0.25) is 5.02 Å². The lowest BCUT2D eigenvalue weighted by Crippen LogP contribution is -1.96. The second-order valence-electron chi connectivity index (χ2n) is 2.11. The number of halogens is 3. The molecule has 0 heterocycles. The van der Waals surface area contributed by atoms with Crippen LogP contribution < -0.4 is 4.74 Å². The fraction of sp³-hybridized carbons (Fsp3) is 0.250. The molecule has 1 rings (SSSR count). The van der Waals surface area contributed by atoms with Crippen molar-refractivity contribution < 1.29 is 9.13 Å². The van der Waals surface area contributed by atoms with Crippen molar-refractivity contribution >= 4 is 34.2 Å². The molecule has 0 N–H and O–H groups in total. The van der Waals surface area contributed by atoms with E-state index >= 15 is 0 Å². The van der Waals surface area contributed by atoms with Crippen LogP contribution in [0.4, 0.5) is 4.39 Å². The van der Waals surface area contributed by atoms with E-state index in [2.05, 4.69) is 0 Å². The van der Waals surface area contributed by atoms with Crippen molar-refractivity contribution in [2.24, 2.45) is 0 Å². The highest BCUT2D eigenvalue weighted by Gasteiger charge is 2.09. The van der Waals surface area contributed by atoms with Crippen LogP contribution in [-0.2, 0) is 0 Å². The van der Waals surface area contributed by atoms with Crippen molar-refractivity contribution in [3.8, 4) is 5.75 Å². The molecular formula is C8H7ClFIO. The highest BCUT2D eigenvalue weighted by molar-refractivity contribution is 14.1. The second kappa shape index (κ2) is 4.28. The molecule has 0 fully saturated rings. The Morgan fingerprint density at radius 2 is 2.25 bits per heavy atom. The summed E-state index contributed by atoms with van der Waals surface area (Å²) in [5.41, 5.74) is 0. The van der Waals surface area contributed by atoms with Crippen LogP contribution in [0.15, 0.2) is 12.1 Å². The van der Waals surface area contributed by atoms with Crippen molar-refractivity contribution in [2.75, 3.05) is 6.61 Å². The average molecular weight is 300 g/mol. The van der Waals surface area contributed by atoms with Gasteiger partial charge in [-0.15, -0.1) is 0 Å².